The van der Waals surface area contributed by atoms with E-state index in [1.54, 1.807) is 7.05 Å². The summed E-state index contributed by atoms with van der Waals surface area (Å²) in [7, 11) is 1.70. The first-order valence-corrected chi connectivity index (χ1v) is 15.3. The fraction of sp³-hybridized carbons (Fsp3) is 0.581. The number of nitrogens with one attached hydrogen (secondary N) is 2. The van der Waals surface area contributed by atoms with Gasteiger partial charge in [-0.1, -0.05) is 62.4 Å². The van der Waals surface area contributed by atoms with Crippen molar-refractivity contribution in [2.45, 2.75) is 95.6 Å². The van der Waals surface area contributed by atoms with Crippen LogP contribution in [0.2, 0.25) is 0 Å². The molecule has 0 spiro atoms. The molecule has 1 aromatic carbocycles. The summed E-state index contributed by atoms with van der Waals surface area (Å²) in [6.45, 7) is 3.21. The van der Waals surface area contributed by atoms with Gasteiger partial charge in [0.25, 0.3) is 0 Å². The highest BCUT2D eigenvalue weighted by Crippen LogP contribution is 2.50. The van der Waals surface area contributed by atoms with Crippen LogP contribution in [0.4, 0.5) is 5.82 Å². The van der Waals surface area contributed by atoms with Crippen molar-refractivity contribution >= 4 is 17.0 Å². The monoisotopic (exact) mass is 540 g/mol. The SMILES string of the molecule is CC(Nc1nc(-c2n[nH]c(=O)n2C)nc2nc(C3(c4ccccc4)CCC3)n(CC3CCCCC3)c12)C1CCC1. The van der Waals surface area contributed by atoms with E-state index in [0.29, 0.717) is 29.1 Å². The fourth-order valence-electron chi connectivity index (χ4n) is 7.16. The van der Waals surface area contributed by atoms with E-state index in [1.165, 1.54) is 67.9 Å². The summed E-state index contributed by atoms with van der Waals surface area (Å²) in [5, 5.41) is 10.6. The Morgan fingerprint density at radius 3 is 2.40 bits per heavy atom. The van der Waals surface area contributed by atoms with Gasteiger partial charge in [-0.25, -0.2) is 24.8 Å². The molecule has 1 unspecified atom stereocenters. The second-order valence-corrected chi connectivity index (χ2v) is 12.5. The predicted octanol–water partition coefficient (Wildman–Crippen LogP) is 5.57. The Hall–Kier alpha value is -3.49. The molecule has 0 aliphatic heterocycles. The summed E-state index contributed by atoms with van der Waals surface area (Å²) in [4.78, 5) is 27.7. The number of benzene rings is 1. The predicted molar refractivity (Wildman–Crippen MR) is 156 cm³/mol. The van der Waals surface area contributed by atoms with Crippen molar-refractivity contribution in [2.24, 2.45) is 18.9 Å². The Morgan fingerprint density at radius 2 is 1.77 bits per heavy atom. The Kier molecular flexibility index (Phi) is 6.47. The van der Waals surface area contributed by atoms with Gasteiger partial charge in [-0.05, 0) is 62.8 Å². The normalized spacial score (nSPS) is 20.2. The second kappa shape index (κ2) is 10.2. The van der Waals surface area contributed by atoms with Crippen molar-refractivity contribution in [3.8, 4) is 11.6 Å². The first-order valence-electron chi connectivity index (χ1n) is 15.3. The topological polar surface area (TPSA) is 106 Å². The maximum atomic E-state index is 12.2. The van der Waals surface area contributed by atoms with Gasteiger partial charge in [-0.2, -0.15) is 0 Å². The van der Waals surface area contributed by atoms with Crippen molar-refractivity contribution in [1.82, 2.24) is 34.3 Å². The van der Waals surface area contributed by atoms with E-state index >= 15 is 0 Å². The van der Waals surface area contributed by atoms with Crippen LogP contribution < -0.4 is 11.0 Å². The number of hydrogen-bond donors (Lipinski definition) is 2. The number of aromatic amines is 1. The molecule has 210 valence electrons. The van der Waals surface area contributed by atoms with Gasteiger partial charge in [0, 0.05) is 19.6 Å². The van der Waals surface area contributed by atoms with Crippen LogP contribution in [-0.2, 0) is 19.0 Å². The molecule has 0 bridgehead atoms. The van der Waals surface area contributed by atoms with Gasteiger partial charge in [-0.3, -0.25) is 4.57 Å². The van der Waals surface area contributed by atoms with E-state index in [-0.39, 0.29) is 17.1 Å². The van der Waals surface area contributed by atoms with Gasteiger partial charge in [-0.15, -0.1) is 5.10 Å². The Labute approximate surface area is 234 Å². The zero-order chi connectivity index (χ0) is 27.3. The molecule has 0 amide bonds. The summed E-state index contributed by atoms with van der Waals surface area (Å²) in [6, 6.07) is 11.2. The summed E-state index contributed by atoms with van der Waals surface area (Å²) in [6.07, 6.45) is 13.6. The van der Waals surface area contributed by atoms with Crippen LogP contribution in [0, 0.1) is 11.8 Å². The summed E-state index contributed by atoms with van der Waals surface area (Å²) < 4.78 is 3.96. The van der Waals surface area contributed by atoms with Crippen LogP contribution in [0.25, 0.3) is 22.8 Å². The molecule has 3 aliphatic rings. The zero-order valence-electron chi connectivity index (χ0n) is 23.7. The summed E-state index contributed by atoms with van der Waals surface area (Å²) >= 11 is 0. The third-order valence-corrected chi connectivity index (χ3v) is 10.0. The molecule has 4 aromatic rings. The van der Waals surface area contributed by atoms with Crippen LogP contribution in [-0.4, -0.2) is 40.3 Å². The molecule has 9 nitrogen and oxygen atoms in total. The standard InChI is InChI=1S/C31H40N8O/c1-20(22-13-9-14-22)32-25-24-26(34-27(33-25)28-36-37-30(40)38(28)2)35-29(39(24)19-21-11-5-3-6-12-21)31(17-10-18-31)23-15-7-4-8-16-23/h4,7-8,15-16,20-22H,3,5-6,9-14,17-19H2,1-2H3,(H,37,40)(H,32,33,34). The highest BCUT2D eigenvalue weighted by molar-refractivity contribution is 5.86. The van der Waals surface area contributed by atoms with Gasteiger partial charge in [0.1, 0.15) is 11.3 Å². The van der Waals surface area contributed by atoms with E-state index in [4.69, 9.17) is 15.0 Å². The quantitative estimate of drug-likeness (QED) is 0.303. The number of fused-ring (bicyclic) bond motifs is 1. The number of hydrogen-bond acceptors (Lipinski definition) is 6. The molecule has 3 heterocycles. The molecule has 0 saturated heterocycles. The highest BCUT2D eigenvalue weighted by atomic mass is 16.1. The number of imidazole rings is 1. The number of H-pyrrole nitrogens is 1. The molecule has 9 heteroatoms. The highest BCUT2D eigenvalue weighted by Gasteiger charge is 2.45. The van der Waals surface area contributed by atoms with E-state index in [2.05, 4.69) is 57.3 Å². The zero-order valence-corrected chi connectivity index (χ0v) is 23.7. The van der Waals surface area contributed by atoms with E-state index in [0.717, 1.165) is 36.5 Å². The summed E-state index contributed by atoms with van der Waals surface area (Å²) in [5.41, 5.74) is 2.63. The Balaban J connectivity index is 1.44. The number of aromatic nitrogens is 7. The molecule has 3 aliphatic carbocycles. The van der Waals surface area contributed by atoms with Gasteiger partial charge < -0.3 is 9.88 Å². The largest absolute Gasteiger partial charge is 0.365 e. The van der Waals surface area contributed by atoms with E-state index < -0.39 is 0 Å². The lowest BCUT2D eigenvalue weighted by Gasteiger charge is -2.42. The van der Waals surface area contributed by atoms with Crippen LogP contribution >= 0.6 is 0 Å². The van der Waals surface area contributed by atoms with E-state index in [9.17, 15) is 4.79 Å². The van der Waals surface area contributed by atoms with E-state index in [1.807, 2.05) is 0 Å². The number of anilines is 1. The molecule has 3 fully saturated rings. The van der Waals surface area contributed by atoms with Crippen LogP contribution in [0.3, 0.4) is 0 Å². The molecule has 2 N–H and O–H groups in total. The van der Waals surface area contributed by atoms with Crippen molar-refractivity contribution < 1.29 is 0 Å². The Morgan fingerprint density at radius 1 is 1.00 bits per heavy atom. The minimum Gasteiger partial charge on any atom is -0.365 e. The van der Waals surface area contributed by atoms with Crippen molar-refractivity contribution in [2.75, 3.05) is 5.32 Å². The van der Waals surface area contributed by atoms with Crippen LogP contribution in [0.15, 0.2) is 35.1 Å². The molecule has 1 atom stereocenters. The third kappa shape index (κ3) is 4.25. The molecular formula is C31H40N8O. The molecule has 0 radical (unpaired) electrons. The minimum atomic E-state index is -0.281. The lowest BCUT2D eigenvalue weighted by molar-refractivity contribution is 0.260. The minimum absolute atomic E-state index is 0.118. The first-order chi connectivity index (χ1) is 19.5. The average molecular weight is 541 g/mol. The fourth-order valence-corrected chi connectivity index (χ4v) is 7.16. The average Bonchev–Trinajstić information content (AvgIpc) is 3.43. The second-order valence-electron chi connectivity index (χ2n) is 12.5. The maximum absolute atomic E-state index is 12.2. The number of rotatable bonds is 8. The summed E-state index contributed by atoms with van der Waals surface area (Å²) in [5.74, 6) is 4.05. The van der Waals surface area contributed by atoms with Crippen LogP contribution in [0.5, 0.6) is 0 Å². The smallest absolute Gasteiger partial charge is 0.343 e. The number of nitrogens with zero attached hydrogens (tertiary/aromatic N) is 6. The first kappa shape index (κ1) is 25.5. The third-order valence-electron chi connectivity index (χ3n) is 10.0. The van der Waals surface area contributed by atoms with Crippen molar-refractivity contribution in [1.29, 1.82) is 0 Å². The molecule has 3 aromatic heterocycles. The van der Waals surface area contributed by atoms with Crippen molar-refractivity contribution in [3.63, 3.8) is 0 Å². The van der Waals surface area contributed by atoms with Crippen molar-refractivity contribution in [3.05, 3.63) is 52.2 Å². The molecule has 3 saturated carbocycles. The van der Waals surface area contributed by atoms with Gasteiger partial charge >= 0.3 is 5.69 Å². The molecule has 40 heavy (non-hydrogen) atoms. The van der Waals surface area contributed by atoms with Crippen LogP contribution in [0.1, 0.15) is 88.9 Å². The lowest BCUT2D eigenvalue weighted by atomic mass is 9.63. The molecule has 7 rings (SSSR count). The van der Waals surface area contributed by atoms with Gasteiger partial charge in [0.15, 0.2) is 11.5 Å². The molecular weight excluding hydrogens is 500 g/mol. The van der Waals surface area contributed by atoms with Gasteiger partial charge in [0.2, 0.25) is 11.6 Å². The Bertz CT molecular complexity index is 1550. The lowest BCUT2D eigenvalue weighted by Crippen LogP contribution is -2.39. The van der Waals surface area contributed by atoms with Gasteiger partial charge in [0.05, 0.1) is 5.41 Å². The maximum Gasteiger partial charge on any atom is 0.343 e.